The Labute approximate surface area is 171 Å². The van der Waals surface area contributed by atoms with E-state index in [1.54, 1.807) is 0 Å². The molecule has 4 rings (SSSR count). The van der Waals surface area contributed by atoms with Crippen LogP contribution in [-0.2, 0) is 5.41 Å². The Hall–Kier alpha value is -3.28. The third-order valence-corrected chi connectivity index (χ3v) is 5.11. The lowest BCUT2D eigenvalue weighted by atomic mass is 9.83. The normalized spacial score (nSPS) is 11.8. The highest BCUT2D eigenvalue weighted by molar-refractivity contribution is 5.40. The van der Waals surface area contributed by atoms with E-state index >= 15 is 0 Å². The largest absolute Gasteiger partial charge is 0.233 e. The Morgan fingerprint density at radius 2 is 1.07 bits per heavy atom. The zero-order valence-corrected chi connectivity index (χ0v) is 17.8. The fourth-order valence-corrected chi connectivity index (χ4v) is 3.39. The van der Waals surface area contributed by atoms with Crippen LogP contribution in [0.15, 0.2) is 48.8 Å². The molecule has 0 aliphatic rings. The van der Waals surface area contributed by atoms with Crippen molar-refractivity contribution in [3.05, 3.63) is 82.7 Å². The summed E-state index contributed by atoms with van der Waals surface area (Å²) in [6.45, 7) is 12.4. The van der Waals surface area contributed by atoms with Crippen molar-refractivity contribution in [3.8, 4) is 11.6 Å². The van der Waals surface area contributed by atoms with Gasteiger partial charge in [-0.3, -0.25) is 0 Å². The molecular formula is C23H26N6. The van der Waals surface area contributed by atoms with E-state index in [0.29, 0.717) is 0 Å². The predicted molar refractivity (Wildman–Crippen MR) is 114 cm³/mol. The topological polar surface area (TPSA) is 61.4 Å². The second-order valence-electron chi connectivity index (χ2n) is 8.20. The SMILES string of the molecule is Cc1cc(-n2ccc(C)n2)nc(C(C)(C)c2cc(C)cc(-n3ccc(C)n3)n2)c1. The van der Waals surface area contributed by atoms with Crippen LogP contribution in [-0.4, -0.2) is 29.5 Å². The van der Waals surface area contributed by atoms with E-state index in [0.717, 1.165) is 45.5 Å². The molecule has 0 saturated carbocycles. The Bertz CT molecular complexity index is 1090. The van der Waals surface area contributed by atoms with Crippen molar-refractivity contribution in [1.29, 1.82) is 0 Å². The molecule has 6 nitrogen and oxygen atoms in total. The highest BCUT2D eigenvalue weighted by Crippen LogP contribution is 2.31. The predicted octanol–water partition coefficient (Wildman–Crippen LogP) is 4.41. The van der Waals surface area contributed by atoms with Gasteiger partial charge in [0.25, 0.3) is 0 Å². The van der Waals surface area contributed by atoms with Crippen LogP contribution in [0.4, 0.5) is 0 Å². The van der Waals surface area contributed by atoms with Crippen LogP contribution in [0.2, 0.25) is 0 Å². The van der Waals surface area contributed by atoms with E-state index in [4.69, 9.17) is 9.97 Å². The average Bonchev–Trinajstić information content (AvgIpc) is 3.29. The number of rotatable bonds is 4. The minimum atomic E-state index is -0.383. The summed E-state index contributed by atoms with van der Waals surface area (Å²) in [5.41, 5.74) is 5.75. The third-order valence-electron chi connectivity index (χ3n) is 5.11. The zero-order chi connectivity index (χ0) is 20.8. The Morgan fingerprint density at radius 3 is 1.41 bits per heavy atom. The first-order chi connectivity index (χ1) is 13.7. The van der Waals surface area contributed by atoms with E-state index in [1.165, 1.54) is 0 Å². The van der Waals surface area contributed by atoms with Crippen LogP contribution in [0.25, 0.3) is 11.6 Å². The minimum absolute atomic E-state index is 0.383. The number of aromatic nitrogens is 6. The maximum atomic E-state index is 4.94. The highest BCUT2D eigenvalue weighted by atomic mass is 15.3. The molecule has 0 aromatic carbocycles. The van der Waals surface area contributed by atoms with Crippen LogP contribution in [0, 0.1) is 27.7 Å². The molecule has 0 aliphatic heterocycles. The van der Waals surface area contributed by atoms with Crippen LogP contribution < -0.4 is 0 Å². The number of pyridine rings is 2. The summed E-state index contributed by atoms with van der Waals surface area (Å²) < 4.78 is 3.65. The van der Waals surface area contributed by atoms with Crippen molar-refractivity contribution in [3.63, 3.8) is 0 Å². The molecule has 0 unspecified atom stereocenters. The second-order valence-corrected chi connectivity index (χ2v) is 8.20. The molecule has 0 aliphatic carbocycles. The summed E-state index contributed by atoms with van der Waals surface area (Å²) in [5.74, 6) is 1.63. The van der Waals surface area contributed by atoms with Crippen molar-refractivity contribution in [2.45, 2.75) is 47.0 Å². The van der Waals surface area contributed by atoms with Gasteiger partial charge >= 0.3 is 0 Å². The zero-order valence-electron chi connectivity index (χ0n) is 17.8. The van der Waals surface area contributed by atoms with Gasteiger partial charge in [0, 0.05) is 17.8 Å². The third kappa shape index (κ3) is 3.70. The minimum Gasteiger partial charge on any atom is -0.233 e. The van der Waals surface area contributed by atoms with Gasteiger partial charge in [0.2, 0.25) is 0 Å². The Balaban J connectivity index is 1.81. The van der Waals surface area contributed by atoms with Gasteiger partial charge in [-0.15, -0.1) is 0 Å². The number of nitrogens with zero attached hydrogens (tertiary/aromatic N) is 6. The summed E-state index contributed by atoms with van der Waals surface area (Å²) in [6.07, 6.45) is 3.88. The number of aryl methyl sites for hydroxylation is 4. The van der Waals surface area contributed by atoms with Crippen LogP contribution in [0.3, 0.4) is 0 Å². The summed E-state index contributed by atoms with van der Waals surface area (Å²) in [5, 5.41) is 9.03. The summed E-state index contributed by atoms with van der Waals surface area (Å²) in [4.78, 5) is 9.88. The molecule has 0 bridgehead atoms. The molecule has 0 fully saturated rings. The van der Waals surface area contributed by atoms with Crippen LogP contribution in [0.5, 0.6) is 0 Å². The Morgan fingerprint density at radius 1 is 0.655 bits per heavy atom. The summed E-state index contributed by atoms with van der Waals surface area (Å²) >= 11 is 0. The van der Waals surface area contributed by atoms with E-state index in [2.05, 4.69) is 50.0 Å². The quantitative estimate of drug-likeness (QED) is 0.521. The molecule has 0 saturated heterocycles. The van der Waals surface area contributed by atoms with Crippen molar-refractivity contribution in [2.24, 2.45) is 0 Å². The number of hydrogen-bond acceptors (Lipinski definition) is 4. The van der Waals surface area contributed by atoms with Gasteiger partial charge in [0.15, 0.2) is 11.6 Å². The monoisotopic (exact) mass is 386 g/mol. The molecule has 6 heteroatoms. The second kappa shape index (κ2) is 6.95. The molecule has 4 aromatic rings. The molecule has 4 aromatic heterocycles. The van der Waals surface area contributed by atoms with Gasteiger partial charge < -0.3 is 0 Å². The molecule has 0 radical (unpaired) electrons. The molecule has 0 amide bonds. The first-order valence-corrected chi connectivity index (χ1v) is 9.76. The molecule has 0 N–H and O–H groups in total. The molecule has 0 spiro atoms. The smallest absolute Gasteiger partial charge is 0.153 e. The maximum absolute atomic E-state index is 4.94. The fourth-order valence-electron chi connectivity index (χ4n) is 3.39. The van der Waals surface area contributed by atoms with Gasteiger partial charge in [0.1, 0.15) is 0 Å². The lowest BCUT2D eigenvalue weighted by molar-refractivity contribution is 0.586. The standard InChI is InChI=1S/C23H26N6/c1-15-11-19(24-21(13-15)28-9-7-17(3)26-28)23(5,6)20-12-16(2)14-22(25-20)29-10-8-18(4)27-29/h7-14H,1-6H3. The van der Waals surface area contributed by atoms with Crippen molar-refractivity contribution >= 4 is 0 Å². The van der Waals surface area contributed by atoms with Gasteiger partial charge in [-0.2, -0.15) is 10.2 Å². The molecule has 148 valence electrons. The highest BCUT2D eigenvalue weighted by Gasteiger charge is 2.28. The lowest BCUT2D eigenvalue weighted by Gasteiger charge is -2.25. The van der Waals surface area contributed by atoms with E-state index in [-0.39, 0.29) is 5.41 Å². The summed E-state index contributed by atoms with van der Waals surface area (Å²) in [7, 11) is 0. The maximum Gasteiger partial charge on any atom is 0.153 e. The first-order valence-electron chi connectivity index (χ1n) is 9.76. The number of hydrogen-bond donors (Lipinski definition) is 0. The molecule has 29 heavy (non-hydrogen) atoms. The van der Waals surface area contributed by atoms with Crippen molar-refractivity contribution in [2.75, 3.05) is 0 Å². The van der Waals surface area contributed by atoms with E-state index < -0.39 is 0 Å². The fraction of sp³-hybridized carbons (Fsp3) is 0.304. The van der Waals surface area contributed by atoms with Gasteiger partial charge in [0.05, 0.1) is 22.8 Å². The average molecular weight is 387 g/mol. The van der Waals surface area contributed by atoms with Gasteiger partial charge in [-0.05, 0) is 89.1 Å². The van der Waals surface area contributed by atoms with Crippen LogP contribution in [0.1, 0.15) is 47.8 Å². The summed E-state index contributed by atoms with van der Waals surface area (Å²) in [6, 6.07) is 12.3. The van der Waals surface area contributed by atoms with Gasteiger partial charge in [-0.25, -0.2) is 19.3 Å². The first kappa shape index (κ1) is 19.1. The molecule has 0 atom stereocenters. The van der Waals surface area contributed by atoms with E-state index in [1.807, 2.05) is 59.9 Å². The van der Waals surface area contributed by atoms with Crippen molar-refractivity contribution in [1.82, 2.24) is 29.5 Å². The van der Waals surface area contributed by atoms with Crippen molar-refractivity contribution < 1.29 is 0 Å². The molecular weight excluding hydrogens is 360 g/mol. The Kier molecular flexibility index (Phi) is 4.57. The van der Waals surface area contributed by atoms with E-state index in [9.17, 15) is 0 Å². The van der Waals surface area contributed by atoms with Gasteiger partial charge in [-0.1, -0.05) is 0 Å². The molecule has 4 heterocycles. The van der Waals surface area contributed by atoms with Crippen LogP contribution >= 0.6 is 0 Å². The lowest BCUT2D eigenvalue weighted by Crippen LogP contribution is -2.24.